The van der Waals surface area contributed by atoms with Crippen LogP contribution in [0.3, 0.4) is 0 Å². The first-order chi connectivity index (χ1) is 9.72. The first-order valence-electron chi connectivity index (χ1n) is 6.56. The lowest BCUT2D eigenvalue weighted by Gasteiger charge is -2.13. The van der Waals surface area contributed by atoms with Crippen LogP contribution in [0.25, 0.3) is 0 Å². The third kappa shape index (κ3) is 10.7. The minimum absolute atomic E-state index is 0.248. The Labute approximate surface area is 123 Å². The number of carboxylic acids is 1. The van der Waals surface area contributed by atoms with E-state index in [0.29, 0.717) is 6.42 Å². The predicted octanol–water partition coefficient (Wildman–Crippen LogP) is -0.00210. The zero-order valence-electron chi connectivity index (χ0n) is 12.0. The molecule has 0 saturated heterocycles. The molecular formula is C14H22O7. The van der Waals surface area contributed by atoms with E-state index in [4.69, 9.17) is 14.9 Å². The highest BCUT2D eigenvalue weighted by Gasteiger charge is 2.11. The SMILES string of the molecule is CC(CCC(O)C=CC(=O)O)OC(=O)C=CC(O)C(C)O. The van der Waals surface area contributed by atoms with Gasteiger partial charge in [-0.2, -0.15) is 0 Å². The lowest BCUT2D eigenvalue weighted by atomic mass is 10.1. The monoisotopic (exact) mass is 302 g/mol. The summed E-state index contributed by atoms with van der Waals surface area (Å²) >= 11 is 0. The normalized spacial score (nSPS) is 17.6. The van der Waals surface area contributed by atoms with Crippen molar-refractivity contribution in [2.24, 2.45) is 0 Å². The van der Waals surface area contributed by atoms with Gasteiger partial charge < -0.3 is 25.2 Å². The van der Waals surface area contributed by atoms with Crippen LogP contribution < -0.4 is 0 Å². The minimum atomic E-state index is -1.14. The number of carbonyl (C=O) groups excluding carboxylic acids is 1. The van der Waals surface area contributed by atoms with E-state index in [2.05, 4.69) is 0 Å². The quantitative estimate of drug-likeness (QED) is 0.349. The van der Waals surface area contributed by atoms with Crippen molar-refractivity contribution in [1.82, 2.24) is 0 Å². The molecule has 0 spiro atoms. The van der Waals surface area contributed by atoms with Crippen LogP contribution in [0.15, 0.2) is 24.3 Å². The summed E-state index contributed by atoms with van der Waals surface area (Å²) in [7, 11) is 0. The van der Waals surface area contributed by atoms with E-state index < -0.39 is 36.4 Å². The second-order valence-corrected chi connectivity index (χ2v) is 4.68. The number of aliphatic hydroxyl groups excluding tert-OH is 3. The Morgan fingerprint density at radius 3 is 2.19 bits per heavy atom. The van der Waals surface area contributed by atoms with E-state index in [0.717, 1.165) is 24.3 Å². The summed E-state index contributed by atoms with van der Waals surface area (Å²) in [5, 5.41) is 36.1. The van der Waals surface area contributed by atoms with Gasteiger partial charge in [-0.15, -0.1) is 0 Å². The minimum Gasteiger partial charge on any atom is -0.478 e. The van der Waals surface area contributed by atoms with E-state index in [1.165, 1.54) is 6.92 Å². The van der Waals surface area contributed by atoms with Crippen LogP contribution >= 0.6 is 0 Å². The van der Waals surface area contributed by atoms with E-state index in [-0.39, 0.29) is 6.42 Å². The maximum Gasteiger partial charge on any atom is 0.330 e. The first kappa shape index (κ1) is 19.3. The Hall–Kier alpha value is -1.70. The summed E-state index contributed by atoms with van der Waals surface area (Å²) in [5.41, 5.74) is 0. The van der Waals surface area contributed by atoms with Crippen LogP contribution in [0.2, 0.25) is 0 Å². The van der Waals surface area contributed by atoms with Crippen molar-refractivity contribution < 1.29 is 34.8 Å². The number of aliphatic hydroxyl groups is 3. The van der Waals surface area contributed by atoms with Crippen molar-refractivity contribution in [1.29, 1.82) is 0 Å². The van der Waals surface area contributed by atoms with Gasteiger partial charge in [0.15, 0.2) is 0 Å². The number of ether oxygens (including phenoxy) is 1. The fraction of sp³-hybridized carbons (Fsp3) is 0.571. The van der Waals surface area contributed by atoms with Gasteiger partial charge in [-0.25, -0.2) is 9.59 Å². The Balaban J connectivity index is 4.06. The lowest BCUT2D eigenvalue weighted by molar-refractivity contribution is -0.142. The summed E-state index contributed by atoms with van der Waals surface area (Å²) in [4.78, 5) is 21.6. The molecule has 0 radical (unpaired) electrons. The van der Waals surface area contributed by atoms with Gasteiger partial charge >= 0.3 is 11.9 Å². The van der Waals surface area contributed by atoms with Crippen molar-refractivity contribution in [2.45, 2.75) is 51.1 Å². The summed E-state index contributed by atoms with van der Waals surface area (Å²) in [5.74, 6) is -1.81. The molecule has 0 aromatic carbocycles. The molecule has 0 aliphatic rings. The fourth-order valence-electron chi connectivity index (χ4n) is 1.33. The van der Waals surface area contributed by atoms with Gasteiger partial charge in [-0.1, -0.05) is 0 Å². The Morgan fingerprint density at radius 1 is 1.05 bits per heavy atom. The van der Waals surface area contributed by atoms with Gasteiger partial charge in [0.1, 0.15) is 0 Å². The molecule has 0 aromatic heterocycles. The number of carbonyl (C=O) groups is 2. The maximum absolute atomic E-state index is 11.4. The highest BCUT2D eigenvalue weighted by molar-refractivity contribution is 5.82. The molecule has 7 nitrogen and oxygen atoms in total. The molecule has 0 rings (SSSR count). The standard InChI is InChI=1S/C14H22O7/c1-9(3-4-11(16)5-7-13(18)19)21-14(20)8-6-12(17)10(2)15/h5-12,15-17H,3-4H2,1-2H3,(H,18,19). The number of carboxylic acid groups (broad SMARTS) is 1. The van der Waals surface area contributed by atoms with Crippen LogP contribution in [0.1, 0.15) is 26.7 Å². The molecule has 0 fully saturated rings. The number of aliphatic carboxylic acids is 1. The van der Waals surface area contributed by atoms with Crippen LogP contribution in [0, 0.1) is 0 Å². The van der Waals surface area contributed by atoms with Crippen molar-refractivity contribution in [3.63, 3.8) is 0 Å². The number of rotatable bonds is 9. The molecule has 0 aliphatic heterocycles. The van der Waals surface area contributed by atoms with Gasteiger partial charge in [0.05, 0.1) is 24.4 Å². The molecule has 120 valence electrons. The molecule has 0 aliphatic carbocycles. The summed E-state index contributed by atoms with van der Waals surface area (Å²) in [6.07, 6.45) is 1.23. The largest absolute Gasteiger partial charge is 0.478 e. The molecule has 4 unspecified atom stereocenters. The van der Waals surface area contributed by atoms with E-state index in [1.807, 2.05) is 0 Å². The van der Waals surface area contributed by atoms with E-state index in [1.54, 1.807) is 6.92 Å². The molecule has 21 heavy (non-hydrogen) atoms. The van der Waals surface area contributed by atoms with E-state index in [9.17, 15) is 19.8 Å². The fourth-order valence-corrected chi connectivity index (χ4v) is 1.33. The number of hydrogen-bond acceptors (Lipinski definition) is 6. The van der Waals surface area contributed by atoms with Gasteiger partial charge in [-0.3, -0.25) is 0 Å². The van der Waals surface area contributed by atoms with Crippen LogP contribution in [0.5, 0.6) is 0 Å². The summed E-state index contributed by atoms with van der Waals surface area (Å²) in [6, 6.07) is 0. The first-order valence-corrected chi connectivity index (χ1v) is 6.56. The highest BCUT2D eigenvalue weighted by Crippen LogP contribution is 2.07. The van der Waals surface area contributed by atoms with Crippen molar-refractivity contribution >= 4 is 11.9 Å². The van der Waals surface area contributed by atoms with Crippen LogP contribution in [-0.2, 0) is 14.3 Å². The van der Waals surface area contributed by atoms with Gasteiger partial charge in [0.2, 0.25) is 0 Å². The average Bonchev–Trinajstić information content (AvgIpc) is 2.39. The molecule has 0 bridgehead atoms. The third-order valence-corrected chi connectivity index (χ3v) is 2.57. The highest BCUT2D eigenvalue weighted by atomic mass is 16.5. The van der Waals surface area contributed by atoms with Crippen molar-refractivity contribution in [2.75, 3.05) is 0 Å². The van der Waals surface area contributed by atoms with Crippen molar-refractivity contribution in [3.05, 3.63) is 24.3 Å². The lowest BCUT2D eigenvalue weighted by Crippen LogP contribution is -2.20. The average molecular weight is 302 g/mol. The smallest absolute Gasteiger partial charge is 0.330 e. The third-order valence-electron chi connectivity index (χ3n) is 2.57. The molecule has 0 aromatic rings. The zero-order valence-corrected chi connectivity index (χ0v) is 12.0. The molecule has 4 atom stereocenters. The number of esters is 1. The molecule has 7 heteroatoms. The molecular weight excluding hydrogens is 280 g/mol. The number of hydrogen-bond donors (Lipinski definition) is 4. The molecule has 4 N–H and O–H groups in total. The van der Waals surface area contributed by atoms with Crippen LogP contribution in [-0.4, -0.2) is 56.8 Å². The molecule has 0 amide bonds. The zero-order chi connectivity index (χ0) is 16.4. The topological polar surface area (TPSA) is 124 Å². The van der Waals surface area contributed by atoms with Gasteiger partial charge in [-0.05, 0) is 38.8 Å². The van der Waals surface area contributed by atoms with Crippen LogP contribution in [0.4, 0.5) is 0 Å². The summed E-state index contributed by atoms with van der Waals surface area (Å²) in [6.45, 7) is 3.01. The second-order valence-electron chi connectivity index (χ2n) is 4.68. The Morgan fingerprint density at radius 2 is 1.67 bits per heavy atom. The molecule has 0 saturated carbocycles. The Bertz CT molecular complexity index is 387. The molecule has 0 heterocycles. The van der Waals surface area contributed by atoms with Crippen molar-refractivity contribution in [3.8, 4) is 0 Å². The summed E-state index contributed by atoms with van der Waals surface area (Å²) < 4.78 is 4.99. The maximum atomic E-state index is 11.4. The van der Waals surface area contributed by atoms with Gasteiger partial charge in [0.25, 0.3) is 0 Å². The second kappa shape index (κ2) is 10.1. The predicted molar refractivity (Wildman–Crippen MR) is 74.4 cm³/mol. The Kier molecular flexibility index (Phi) is 9.27. The van der Waals surface area contributed by atoms with Gasteiger partial charge in [0, 0.05) is 12.2 Å². The van der Waals surface area contributed by atoms with E-state index >= 15 is 0 Å².